The minimum Gasteiger partial charge on any atom is -0.463 e. The maximum Gasteiger partial charge on any atom is 0.330 e. The summed E-state index contributed by atoms with van der Waals surface area (Å²) < 4.78 is 10.1. The monoisotopic (exact) mass is 194 g/mol. The Bertz CT molecular complexity index is 323. The van der Waals surface area contributed by atoms with E-state index in [0.29, 0.717) is 12.4 Å². The van der Waals surface area contributed by atoms with E-state index in [1.165, 1.54) is 6.08 Å². The van der Waals surface area contributed by atoms with E-state index in [1.54, 1.807) is 12.1 Å². The molecular formula is C11H14O3. The number of carbonyl (C=O) groups is 1. The maximum absolute atomic E-state index is 11.0. The first kappa shape index (κ1) is 10.6. The summed E-state index contributed by atoms with van der Waals surface area (Å²) in [7, 11) is 0. The van der Waals surface area contributed by atoms with Crippen molar-refractivity contribution < 1.29 is 13.9 Å². The Labute approximate surface area is 83.4 Å². The smallest absolute Gasteiger partial charge is 0.330 e. The van der Waals surface area contributed by atoms with Crippen molar-refractivity contribution in [3.8, 4) is 0 Å². The van der Waals surface area contributed by atoms with E-state index in [-0.39, 0.29) is 5.97 Å². The molecule has 0 aliphatic heterocycles. The van der Waals surface area contributed by atoms with Gasteiger partial charge in [-0.1, -0.05) is 6.92 Å². The maximum atomic E-state index is 11.0. The Morgan fingerprint density at radius 2 is 2.36 bits per heavy atom. The lowest BCUT2D eigenvalue weighted by atomic mass is 10.4. The Balaban J connectivity index is 2.43. The summed E-state index contributed by atoms with van der Waals surface area (Å²) in [5.74, 6) is 1.16. The first-order valence-electron chi connectivity index (χ1n) is 4.63. The fourth-order valence-corrected chi connectivity index (χ4v) is 0.944. The largest absolute Gasteiger partial charge is 0.463 e. The average molecular weight is 194 g/mol. The first-order chi connectivity index (χ1) is 6.72. The zero-order valence-electron chi connectivity index (χ0n) is 8.45. The number of furan rings is 1. The molecule has 0 unspecified atom stereocenters. The summed E-state index contributed by atoms with van der Waals surface area (Å²) in [6, 6.07) is 3.65. The van der Waals surface area contributed by atoms with Crippen LogP contribution in [0.4, 0.5) is 0 Å². The Morgan fingerprint density at radius 1 is 1.57 bits per heavy atom. The van der Waals surface area contributed by atoms with Crippen molar-refractivity contribution in [1.82, 2.24) is 0 Å². The van der Waals surface area contributed by atoms with Crippen LogP contribution in [0.5, 0.6) is 0 Å². The molecule has 1 aromatic heterocycles. The van der Waals surface area contributed by atoms with Gasteiger partial charge in [-0.3, -0.25) is 0 Å². The number of ether oxygens (including phenoxy) is 1. The van der Waals surface area contributed by atoms with Crippen LogP contribution in [0.2, 0.25) is 0 Å². The second-order valence-electron chi connectivity index (χ2n) is 2.95. The van der Waals surface area contributed by atoms with Gasteiger partial charge in [0, 0.05) is 6.08 Å². The molecule has 3 heteroatoms. The summed E-state index contributed by atoms with van der Waals surface area (Å²) >= 11 is 0. The third-order valence-electron chi connectivity index (χ3n) is 1.59. The lowest BCUT2D eigenvalue weighted by molar-refractivity contribution is -0.137. The predicted molar refractivity (Wildman–Crippen MR) is 53.7 cm³/mol. The van der Waals surface area contributed by atoms with Gasteiger partial charge in [0.15, 0.2) is 0 Å². The molecule has 0 atom stereocenters. The zero-order chi connectivity index (χ0) is 10.4. The van der Waals surface area contributed by atoms with Gasteiger partial charge in [0.25, 0.3) is 0 Å². The highest BCUT2D eigenvalue weighted by Crippen LogP contribution is 2.07. The highest BCUT2D eigenvalue weighted by molar-refractivity contribution is 5.86. The van der Waals surface area contributed by atoms with E-state index in [0.717, 1.165) is 12.2 Å². The van der Waals surface area contributed by atoms with Gasteiger partial charge < -0.3 is 9.15 Å². The second-order valence-corrected chi connectivity index (χ2v) is 2.95. The molecule has 76 valence electrons. The van der Waals surface area contributed by atoms with Gasteiger partial charge in [-0.25, -0.2) is 4.79 Å². The van der Waals surface area contributed by atoms with E-state index in [4.69, 9.17) is 9.15 Å². The molecule has 0 saturated carbocycles. The molecule has 0 N–H and O–H groups in total. The third-order valence-corrected chi connectivity index (χ3v) is 1.59. The lowest BCUT2D eigenvalue weighted by Gasteiger charge is -1.96. The van der Waals surface area contributed by atoms with Crippen LogP contribution in [0.15, 0.2) is 22.6 Å². The van der Waals surface area contributed by atoms with Crippen LogP contribution in [0.25, 0.3) is 6.08 Å². The van der Waals surface area contributed by atoms with E-state index in [1.807, 2.05) is 19.9 Å². The quantitative estimate of drug-likeness (QED) is 0.546. The van der Waals surface area contributed by atoms with Crippen molar-refractivity contribution >= 4 is 12.0 Å². The molecule has 0 bridgehead atoms. The van der Waals surface area contributed by atoms with Crippen molar-refractivity contribution in [3.63, 3.8) is 0 Å². The molecular weight excluding hydrogens is 180 g/mol. The summed E-state index contributed by atoms with van der Waals surface area (Å²) in [6.45, 7) is 4.26. The van der Waals surface area contributed by atoms with Crippen LogP contribution < -0.4 is 0 Å². The zero-order valence-corrected chi connectivity index (χ0v) is 8.45. The predicted octanol–water partition coefficient (Wildman–Crippen LogP) is 2.55. The van der Waals surface area contributed by atoms with Crippen LogP contribution >= 0.6 is 0 Å². The SMILES string of the molecule is CCCOC(=O)C=Cc1ccc(C)o1. The topological polar surface area (TPSA) is 39.4 Å². The van der Waals surface area contributed by atoms with Crippen LogP contribution in [0, 0.1) is 6.92 Å². The number of esters is 1. The first-order valence-corrected chi connectivity index (χ1v) is 4.63. The second kappa shape index (κ2) is 5.27. The normalized spacial score (nSPS) is 10.7. The fourth-order valence-electron chi connectivity index (χ4n) is 0.944. The number of aryl methyl sites for hydroxylation is 1. The van der Waals surface area contributed by atoms with Crippen molar-refractivity contribution in [1.29, 1.82) is 0 Å². The molecule has 0 radical (unpaired) electrons. The minimum atomic E-state index is -0.332. The van der Waals surface area contributed by atoms with Crippen LogP contribution in [-0.4, -0.2) is 12.6 Å². The molecule has 3 nitrogen and oxygen atoms in total. The molecule has 1 aromatic rings. The van der Waals surface area contributed by atoms with Crippen LogP contribution in [-0.2, 0) is 9.53 Å². The minimum absolute atomic E-state index is 0.332. The summed E-state index contributed by atoms with van der Waals surface area (Å²) in [4.78, 5) is 11.0. The Kier molecular flexibility index (Phi) is 3.98. The molecule has 1 heterocycles. The van der Waals surface area contributed by atoms with Crippen molar-refractivity contribution in [2.45, 2.75) is 20.3 Å². The van der Waals surface area contributed by atoms with E-state index in [9.17, 15) is 4.79 Å². The lowest BCUT2D eigenvalue weighted by Crippen LogP contribution is -2.00. The average Bonchev–Trinajstić information content (AvgIpc) is 2.58. The van der Waals surface area contributed by atoms with Crippen molar-refractivity contribution in [2.24, 2.45) is 0 Å². The highest BCUT2D eigenvalue weighted by atomic mass is 16.5. The standard InChI is InChI=1S/C11H14O3/c1-3-8-13-11(12)7-6-10-5-4-9(2)14-10/h4-7H,3,8H2,1-2H3. The molecule has 0 saturated heterocycles. The Morgan fingerprint density at radius 3 is 2.93 bits per heavy atom. The number of rotatable bonds is 4. The molecule has 0 fully saturated rings. The van der Waals surface area contributed by atoms with Gasteiger partial charge in [0.05, 0.1) is 6.61 Å². The molecule has 1 rings (SSSR count). The highest BCUT2D eigenvalue weighted by Gasteiger charge is 1.97. The van der Waals surface area contributed by atoms with E-state index >= 15 is 0 Å². The molecule has 0 aliphatic rings. The van der Waals surface area contributed by atoms with Gasteiger partial charge in [-0.15, -0.1) is 0 Å². The molecule has 14 heavy (non-hydrogen) atoms. The van der Waals surface area contributed by atoms with E-state index < -0.39 is 0 Å². The van der Waals surface area contributed by atoms with Crippen LogP contribution in [0.1, 0.15) is 24.9 Å². The van der Waals surface area contributed by atoms with Gasteiger partial charge >= 0.3 is 5.97 Å². The summed E-state index contributed by atoms with van der Waals surface area (Å²) in [6.07, 6.45) is 3.80. The van der Waals surface area contributed by atoms with Gasteiger partial charge in [0.2, 0.25) is 0 Å². The van der Waals surface area contributed by atoms with Gasteiger partial charge in [-0.2, -0.15) is 0 Å². The number of hydrogen-bond acceptors (Lipinski definition) is 3. The van der Waals surface area contributed by atoms with Crippen LogP contribution in [0.3, 0.4) is 0 Å². The number of hydrogen-bond donors (Lipinski definition) is 0. The summed E-state index contributed by atoms with van der Waals surface area (Å²) in [5.41, 5.74) is 0. The number of carbonyl (C=O) groups excluding carboxylic acids is 1. The van der Waals surface area contributed by atoms with E-state index in [2.05, 4.69) is 0 Å². The molecule has 0 spiro atoms. The third kappa shape index (κ3) is 3.47. The van der Waals surface area contributed by atoms with Gasteiger partial charge in [0.1, 0.15) is 11.5 Å². The summed E-state index contributed by atoms with van der Waals surface area (Å²) in [5, 5.41) is 0. The molecule has 0 amide bonds. The van der Waals surface area contributed by atoms with Crippen molar-refractivity contribution in [3.05, 3.63) is 29.7 Å². The Hall–Kier alpha value is -1.51. The van der Waals surface area contributed by atoms with Gasteiger partial charge in [-0.05, 0) is 31.6 Å². The molecule has 0 aliphatic carbocycles. The fraction of sp³-hybridized carbons (Fsp3) is 0.364. The van der Waals surface area contributed by atoms with Crippen molar-refractivity contribution in [2.75, 3.05) is 6.61 Å². The molecule has 0 aromatic carbocycles.